The first-order valence-corrected chi connectivity index (χ1v) is 9.44. The Morgan fingerprint density at radius 2 is 0.800 bits per heavy atom. The third-order valence-electron chi connectivity index (χ3n) is 6.09. The summed E-state index contributed by atoms with van der Waals surface area (Å²) in [6.45, 7) is 0. The van der Waals surface area contributed by atoms with Crippen molar-refractivity contribution < 1.29 is 0 Å². The molecule has 0 saturated carbocycles. The topological polar surface area (TPSA) is 95.2 Å². The highest BCUT2D eigenvalue weighted by Gasteiger charge is 2.42. The molecule has 0 unspecified atom stereocenters. The van der Waals surface area contributed by atoms with Crippen molar-refractivity contribution in [2.45, 2.75) is 11.8 Å². The summed E-state index contributed by atoms with van der Waals surface area (Å²) in [5.41, 5.74) is 6.34. The van der Waals surface area contributed by atoms with Gasteiger partial charge in [0.1, 0.15) is 35.4 Å². The molecule has 3 aromatic rings. The average molecular weight is 380 g/mol. The van der Waals surface area contributed by atoms with Gasteiger partial charge in [0.15, 0.2) is 0 Å². The fourth-order valence-corrected chi connectivity index (χ4v) is 5.02. The van der Waals surface area contributed by atoms with Gasteiger partial charge in [0, 0.05) is 22.3 Å². The zero-order valence-corrected chi connectivity index (χ0v) is 15.7. The van der Waals surface area contributed by atoms with E-state index in [1.165, 1.54) is 0 Å². The Morgan fingerprint density at radius 3 is 1.07 bits per heavy atom. The molecule has 0 aromatic heterocycles. The van der Waals surface area contributed by atoms with Crippen molar-refractivity contribution in [3.05, 3.63) is 104 Å². The molecule has 0 spiro atoms. The molecule has 3 aliphatic carbocycles. The van der Waals surface area contributed by atoms with E-state index >= 15 is 0 Å². The highest BCUT2D eigenvalue weighted by atomic mass is 14.4. The molecule has 0 amide bonds. The molecule has 2 bridgehead atoms. The standard InChI is InChI=1S/C26H12N4/c27-11-15(12-28)17-9-10-18(16(13-29)14-30)26-24-20-6-2-1-5-19(20)23(25(17)26)21-7-3-4-8-22(21)24/h1-10,23-24H. The third-order valence-corrected chi connectivity index (χ3v) is 6.09. The van der Waals surface area contributed by atoms with Crippen LogP contribution in [0, 0.1) is 45.3 Å². The fraction of sp³-hybridized carbons (Fsp3) is 0.0769. The second-order valence-electron chi connectivity index (χ2n) is 7.31. The van der Waals surface area contributed by atoms with Crippen molar-refractivity contribution in [1.29, 1.82) is 21.0 Å². The Hall–Kier alpha value is -4.64. The molecule has 3 aromatic carbocycles. The van der Waals surface area contributed by atoms with Crippen LogP contribution in [0.1, 0.15) is 45.2 Å². The Kier molecular flexibility index (Phi) is 3.76. The number of hydrogen-bond donors (Lipinski definition) is 0. The second-order valence-corrected chi connectivity index (χ2v) is 7.31. The van der Waals surface area contributed by atoms with Crippen LogP contribution in [0.4, 0.5) is 0 Å². The number of benzene rings is 3. The molecule has 0 saturated heterocycles. The first kappa shape index (κ1) is 17.5. The molecule has 0 atom stereocenters. The van der Waals surface area contributed by atoms with Gasteiger partial charge in [0.05, 0.1) is 0 Å². The lowest BCUT2D eigenvalue weighted by Gasteiger charge is -2.42. The molecule has 0 radical (unpaired) electrons. The monoisotopic (exact) mass is 380 g/mol. The van der Waals surface area contributed by atoms with Crippen molar-refractivity contribution in [2.75, 3.05) is 0 Å². The Balaban J connectivity index is 2.09. The van der Waals surface area contributed by atoms with Crippen molar-refractivity contribution in [3.8, 4) is 24.3 Å². The quantitative estimate of drug-likeness (QED) is 0.412. The van der Waals surface area contributed by atoms with Crippen LogP contribution >= 0.6 is 0 Å². The van der Waals surface area contributed by atoms with Crippen molar-refractivity contribution in [2.24, 2.45) is 0 Å². The zero-order chi connectivity index (χ0) is 20.8. The summed E-state index contributed by atoms with van der Waals surface area (Å²) in [7, 11) is 0. The van der Waals surface area contributed by atoms with E-state index in [0.29, 0.717) is 10.4 Å². The van der Waals surface area contributed by atoms with Gasteiger partial charge in [0.25, 0.3) is 0 Å². The van der Waals surface area contributed by atoms with Crippen LogP contribution in [-0.4, -0.2) is 0 Å². The summed E-state index contributed by atoms with van der Waals surface area (Å²) in [5, 5.41) is 39.5. The predicted octanol–water partition coefficient (Wildman–Crippen LogP) is 3.07. The number of rotatable bonds is 0. The first-order valence-electron chi connectivity index (χ1n) is 9.44. The molecule has 0 aliphatic heterocycles. The maximum absolute atomic E-state index is 9.59. The normalized spacial score (nSPS) is 16.5. The molecule has 4 nitrogen and oxygen atoms in total. The van der Waals surface area contributed by atoms with Crippen LogP contribution in [0.3, 0.4) is 0 Å². The highest BCUT2D eigenvalue weighted by Crippen LogP contribution is 2.53. The van der Waals surface area contributed by atoms with Crippen LogP contribution in [-0.2, 0) is 0 Å². The lowest BCUT2D eigenvalue weighted by atomic mass is 9.60. The fourth-order valence-electron chi connectivity index (χ4n) is 5.02. The van der Waals surface area contributed by atoms with E-state index in [1.807, 2.05) is 48.5 Å². The molecule has 6 rings (SSSR count). The number of hydrogen-bond acceptors (Lipinski definition) is 4. The molecular formula is C26H12N4. The lowest BCUT2D eigenvalue weighted by molar-refractivity contribution is 0.744. The van der Waals surface area contributed by atoms with Gasteiger partial charge in [-0.15, -0.1) is 0 Å². The van der Waals surface area contributed by atoms with Crippen LogP contribution in [0.5, 0.6) is 0 Å². The Labute approximate surface area is 173 Å². The van der Waals surface area contributed by atoms with Gasteiger partial charge in [-0.3, -0.25) is 0 Å². The molecule has 0 fully saturated rings. The van der Waals surface area contributed by atoms with Gasteiger partial charge in [-0.1, -0.05) is 60.7 Å². The maximum Gasteiger partial charge on any atom is 0.137 e. The van der Waals surface area contributed by atoms with E-state index in [2.05, 4.69) is 24.3 Å². The van der Waals surface area contributed by atoms with E-state index in [-0.39, 0.29) is 23.0 Å². The molecule has 0 N–H and O–H groups in total. The summed E-state index contributed by atoms with van der Waals surface area (Å²) in [6, 6.07) is 27.8. The van der Waals surface area contributed by atoms with E-state index in [0.717, 1.165) is 33.4 Å². The van der Waals surface area contributed by atoms with E-state index < -0.39 is 0 Å². The summed E-state index contributed by atoms with van der Waals surface area (Å²) in [4.78, 5) is 0. The second kappa shape index (κ2) is 6.46. The average Bonchev–Trinajstić information content (AvgIpc) is 2.81. The minimum atomic E-state index is -0.164. The van der Waals surface area contributed by atoms with Gasteiger partial charge < -0.3 is 0 Å². The van der Waals surface area contributed by atoms with Crippen LogP contribution in [0.15, 0.2) is 60.7 Å². The maximum atomic E-state index is 9.59. The SMILES string of the molecule is N#CC(C#N)=c1ccc(=C(C#N)C#N)c2c1C1c3ccccc3C2c2ccccc21. The molecule has 30 heavy (non-hydrogen) atoms. The highest BCUT2D eigenvalue weighted by molar-refractivity contribution is 5.80. The van der Waals surface area contributed by atoms with Crippen LogP contribution < -0.4 is 10.4 Å². The van der Waals surface area contributed by atoms with Gasteiger partial charge in [-0.2, -0.15) is 21.0 Å². The number of nitrogens with zero attached hydrogens (tertiary/aromatic N) is 4. The minimum Gasteiger partial charge on any atom is -0.192 e. The third kappa shape index (κ3) is 2.11. The summed E-state index contributed by atoms with van der Waals surface area (Å²) in [6.07, 6.45) is 0. The smallest absolute Gasteiger partial charge is 0.137 e. The number of nitriles is 4. The molecule has 3 aliphatic rings. The predicted molar refractivity (Wildman–Crippen MR) is 110 cm³/mol. The van der Waals surface area contributed by atoms with Crippen molar-refractivity contribution in [3.63, 3.8) is 0 Å². The zero-order valence-electron chi connectivity index (χ0n) is 15.7. The minimum absolute atomic E-state index is 0.0378. The lowest BCUT2D eigenvalue weighted by Crippen LogP contribution is -2.38. The molecular weight excluding hydrogens is 368 g/mol. The van der Waals surface area contributed by atoms with Crippen molar-refractivity contribution >= 4 is 11.1 Å². The van der Waals surface area contributed by atoms with E-state index in [9.17, 15) is 21.0 Å². The molecule has 136 valence electrons. The first-order chi connectivity index (χ1) is 14.7. The van der Waals surface area contributed by atoms with Gasteiger partial charge in [-0.05, 0) is 33.4 Å². The van der Waals surface area contributed by atoms with E-state index in [1.54, 1.807) is 12.1 Å². The van der Waals surface area contributed by atoms with Gasteiger partial charge >= 0.3 is 0 Å². The largest absolute Gasteiger partial charge is 0.192 e. The molecule has 4 heteroatoms. The van der Waals surface area contributed by atoms with Crippen molar-refractivity contribution in [1.82, 2.24) is 0 Å². The van der Waals surface area contributed by atoms with Crippen LogP contribution in [0.2, 0.25) is 0 Å². The summed E-state index contributed by atoms with van der Waals surface area (Å²) in [5.74, 6) is -0.328. The van der Waals surface area contributed by atoms with Crippen LogP contribution in [0.25, 0.3) is 11.1 Å². The summed E-state index contributed by atoms with van der Waals surface area (Å²) < 4.78 is 0. The van der Waals surface area contributed by atoms with Gasteiger partial charge in [0.2, 0.25) is 0 Å². The Bertz CT molecular complexity index is 1350. The summed E-state index contributed by atoms with van der Waals surface area (Å²) >= 11 is 0. The van der Waals surface area contributed by atoms with Gasteiger partial charge in [-0.25, -0.2) is 0 Å². The Morgan fingerprint density at radius 1 is 0.500 bits per heavy atom. The van der Waals surface area contributed by atoms with E-state index in [4.69, 9.17) is 0 Å². The molecule has 0 heterocycles.